The molecule has 0 aliphatic carbocycles. The lowest BCUT2D eigenvalue weighted by atomic mass is 10.3. The highest BCUT2D eigenvalue weighted by Crippen LogP contribution is 2.07. The molecule has 18 heavy (non-hydrogen) atoms. The van der Waals surface area contributed by atoms with Gasteiger partial charge in [0.1, 0.15) is 0 Å². The van der Waals surface area contributed by atoms with E-state index in [2.05, 4.69) is 5.16 Å². The first kappa shape index (κ1) is 15.2. The van der Waals surface area contributed by atoms with Crippen LogP contribution in [-0.2, 0) is 14.8 Å². The summed E-state index contributed by atoms with van der Waals surface area (Å²) in [4.78, 5) is 1.94. The number of piperazine rings is 1. The SMILES string of the molecule is COCCS(=O)(=O)N1CCN(CC(N)=NO)CC1. The molecule has 0 spiro atoms. The van der Waals surface area contributed by atoms with Crippen LogP contribution >= 0.6 is 0 Å². The molecule has 0 aromatic carbocycles. The van der Waals surface area contributed by atoms with Crippen LogP contribution in [0.25, 0.3) is 0 Å². The van der Waals surface area contributed by atoms with Crippen molar-refractivity contribution in [2.75, 3.05) is 52.2 Å². The fourth-order valence-electron chi connectivity index (χ4n) is 1.74. The zero-order valence-corrected chi connectivity index (χ0v) is 11.3. The Labute approximate surface area is 107 Å². The van der Waals surface area contributed by atoms with Gasteiger partial charge >= 0.3 is 0 Å². The molecule has 0 aromatic heterocycles. The van der Waals surface area contributed by atoms with Gasteiger partial charge in [0, 0.05) is 33.3 Å². The molecular weight excluding hydrogens is 260 g/mol. The van der Waals surface area contributed by atoms with E-state index in [4.69, 9.17) is 15.7 Å². The number of methoxy groups -OCH3 is 1. The van der Waals surface area contributed by atoms with Gasteiger partial charge in [-0.15, -0.1) is 0 Å². The maximum atomic E-state index is 11.9. The minimum Gasteiger partial charge on any atom is -0.409 e. The Bertz CT molecular complexity index is 376. The monoisotopic (exact) mass is 280 g/mol. The van der Waals surface area contributed by atoms with Gasteiger partial charge in [0.15, 0.2) is 5.84 Å². The number of nitrogens with zero attached hydrogens (tertiary/aromatic N) is 3. The standard InChI is InChI=1S/C9H20N4O4S/c1-17-6-7-18(15,16)13-4-2-12(3-5-13)8-9(10)11-14/h14H,2-8H2,1H3,(H2,10,11). The summed E-state index contributed by atoms with van der Waals surface area (Å²) in [7, 11) is -1.76. The van der Waals surface area contributed by atoms with E-state index in [0.29, 0.717) is 32.7 Å². The molecule has 1 aliphatic heterocycles. The number of amidine groups is 1. The number of ether oxygens (including phenoxy) is 1. The molecule has 1 heterocycles. The molecule has 1 saturated heterocycles. The Morgan fingerprint density at radius 1 is 1.39 bits per heavy atom. The first-order valence-corrected chi connectivity index (χ1v) is 7.26. The van der Waals surface area contributed by atoms with E-state index in [0.717, 1.165) is 0 Å². The van der Waals surface area contributed by atoms with Gasteiger partial charge in [-0.2, -0.15) is 4.31 Å². The lowest BCUT2D eigenvalue weighted by molar-refractivity contribution is 0.198. The summed E-state index contributed by atoms with van der Waals surface area (Å²) in [5.41, 5.74) is 5.40. The van der Waals surface area contributed by atoms with Crippen molar-refractivity contribution in [3.8, 4) is 0 Å². The first-order valence-electron chi connectivity index (χ1n) is 5.65. The van der Waals surface area contributed by atoms with Crippen molar-refractivity contribution in [3.63, 3.8) is 0 Å². The van der Waals surface area contributed by atoms with Crippen LogP contribution in [0.3, 0.4) is 0 Å². The molecule has 1 rings (SSSR count). The third-order valence-corrected chi connectivity index (χ3v) is 4.62. The largest absolute Gasteiger partial charge is 0.409 e. The normalized spacial score (nSPS) is 20.2. The van der Waals surface area contributed by atoms with Crippen molar-refractivity contribution in [1.29, 1.82) is 0 Å². The molecule has 1 fully saturated rings. The summed E-state index contributed by atoms with van der Waals surface area (Å²) < 4.78 is 30.0. The quantitative estimate of drug-likeness (QED) is 0.260. The van der Waals surface area contributed by atoms with Crippen LogP contribution in [0, 0.1) is 0 Å². The smallest absolute Gasteiger partial charge is 0.216 e. The molecule has 0 radical (unpaired) electrons. The van der Waals surface area contributed by atoms with Crippen LogP contribution in [0.15, 0.2) is 5.16 Å². The second-order valence-corrected chi connectivity index (χ2v) is 6.16. The van der Waals surface area contributed by atoms with E-state index >= 15 is 0 Å². The van der Waals surface area contributed by atoms with E-state index in [1.807, 2.05) is 4.90 Å². The van der Waals surface area contributed by atoms with Gasteiger partial charge in [0.25, 0.3) is 0 Å². The van der Waals surface area contributed by atoms with Crippen LogP contribution in [0.2, 0.25) is 0 Å². The second kappa shape index (κ2) is 6.88. The minimum atomic E-state index is -3.23. The van der Waals surface area contributed by atoms with E-state index < -0.39 is 10.0 Å². The van der Waals surface area contributed by atoms with E-state index in [9.17, 15) is 8.42 Å². The topological polar surface area (TPSA) is 108 Å². The molecule has 0 amide bonds. The van der Waals surface area contributed by atoms with Crippen molar-refractivity contribution >= 4 is 15.9 Å². The zero-order valence-electron chi connectivity index (χ0n) is 10.4. The first-order chi connectivity index (χ1) is 8.49. The van der Waals surface area contributed by atoms with Crippen molar-refractivity contribution in [3.05, 3.63) is 0 Å². The summed E-state index contributed by atoms with van der Waals surface area (Å²) in [5.74, 6) is 0.134. The number of rotatable bonds is 6. The highest BCUT2D eigenvalue weighted by molar-refractivity contribution is 7.89. The number of sulfonamides is 1. The maximum Gasteiger partial charge on any atom is 0.216 e. The van der Waals surface area contributed by atoms with Gasteiger partial charge in [-0.25, -0.2) is 8.42 Å². The average molecular weight is 280 g/mol. The zero-order chi connectivity index (χ0) is 13.6. The summed E-state index contributed by atoms with van der Waals surface area (Å²) in [6.07, 6.45) is 0. The summed E-state index contributed by atoms with van der Waals surface area (Å²) in [6, 6.07) is 0. The highest BCUT2D eigenvalue weighted by Gasteiger charge is 2.26. The van der Waals surface area contributed by atoms with Gasteiger partial charge in [-0.1, -0.05) is 5.16 Å². The van der Waals surface area contributed by atoms with Gasteiger partial charge in [-0.05, 0) is 0 Å². The number of hydrogen-bond donors (Lipinski definition) is 2. The third-order valence-electron chi connectivity index (χ3n) is 2.78. The van der Waals surface area contributed by atoms with Crippen LogP contribution in [0.4, 0.5) is 0 Å². The second-order valence-electron chi connectivity index (χ2n) is 4.08. The molecule has 0 atom stereocenters. The van der Waals surface area contributed by atoms with E-state index in [1.54, 1.807) is 0 Å². The molecule has 106 valence electrons. The lowest BCUT2D eigenvalue weighted by Crippen LogP contribution is -2.51. The van der Waals surface area contributed by atoms with E-state index in [1.165, 1.54) is 11.4 Å². The molecule has 0 saturated carbocycles. The van der Waals surface area contributed by atoms with E-state index in [-0.39, 0.29) is 18.2 Å². The summed E-state index contributed by atoms with van der Waals surface area (Å²) >= 11 is 0. The predicted octanol–water partition coefficient (Wildman–Crippen LogP) is -1.67. The van der Waals surface area contributed by atoms with Gasteiger partial charge < -0.3 is 15.7 Å². The molecule has 9 heteroatoms. The molecule has 0 aromatic rings. The molecule has 1 aliphatic rings. The predicted molar refractivity (Wildman–Crippen MR) is 67.1 cm³/mol. The number of nitrogens with two attached hydrogens (primary N) is 1. The fraction of sp³-hybridized carbons (Fsp3) is 0.889. The Morgan fingerprint density at radius 2 is 2.00 bits per heavy atom. The Hall–Kier alpha value is -0.900. The third kappa shape index (κ3) is 4.41. The van der Waals surface area contributed by atoms with Crippen LogP contribution in [0.1, 0.15) is 0 Å². The molecule has 8 nitrogen and oxygen atoms in total. The Kier molecular flexibility index (Phi) is 5.79. The number of oxime groups is 1. The van der Waals surface area contributed by atoms with Crippen LogP contribution in [0.5, 0.6) is 0 Å². The minimum absolute atomic E-state index is 0.00371. The molecule has 0 unspecified atom stereocenters. The van der Waals surface area contributed by atoms with Crippen molar-refractivity contribution in [2.24, 2.45) is 10.9 Å². The van der Waals surface area contributed by atoms with Crippen molar-refractivity contribution in [2.45, 2.75) is 0 Å². The van der Waals surface area contributed by atoms with Crippen molar-refractivity contribution in [1.82, 2.24) is 9.21 Å². The summed E-state index contributed by atoms with van der Waals surface area (Å²) in [5, 5.41) is 11.4. The molecule has 3 N–H and O–H groups in total. The Balaban J connectivity index is 2.43. The molecule has 0 bridgehead atoms. The van der Waals surface area contributed by atoms with Gasteiger partial charge in [0.2, 0.25) is 10.0 Å². The van der Waals surface area contributed by atoms with Crippen LogP contribution < -0.4 is 5.73 Å². The van der Waals surface area contributed by atoms with Crippen LogP contribution in [-0.4, -0.2) is 80.9 Å². The fourth-order valence-corrected chi connectivity index (χ4v) is 3.10. The average Bonchev–Trinajstić information content (AvgIpc) is 2.37. The molecular formula is C9H20N4O4S. The number of hydrogen-bond acceptors (Lipinski definition) is 6. The van der Waals surface area contributed by atoms with Crippen molar-refractivity contribution < 1.29 is 18.4 Å². The van der Waals surface area contributed by atoms with Gasteiger partial charge in [0.05, 0.1) is 18.9 Å². The highest BCUT2D eigenvalue weighted by atomic mass is 32.2. The lowest BCUT2D eigenvalue weighted by Gasteiger charge is -2.33. The maximum absolute atomic E-state index is 11.9. The Morgan fingerprint density at radius 3 is 2.50 bits per heavy atom. The van der Waals surface area contributed by atoms with Gasteiger partial charge in [-0.3, -0.25) is 4.90 Å². The summed E-state index contributed by atoms with van der Waals surface area (Å²) in [6.45, 7) is 2.54.